The van der Waals surface area contributed by atoms with Gasteiger partial charge in [-0.25, -0.2) is 4.68 Å². The minimum Gasteiger partial charge on any atom is -0.494 e. The fourth-order valence-electron chi connectivity index (χ4n) is 2.91. The van der Waals surface area contributed by atoms with Gasteiger partial charge in [-0.3, -0.25) is 4.90 Å². The third-order valence-corrected chi connectivity index (χ3v) is 4.27. The van der Waals surface area contributed by atoms with E-state index in [-0.39, 0.29) is 0 Å². The molecule has 130 valence electrons. The first-order valence-electron chi connectivity index (χ1n) is 8.71. The number of anilines is 1. The summed E-state index contributed by atoms with van der Waals surface area (Å²) in [5.74, 6) is 1.61. The number of hydrogen-bond acceptors (Lipinski definition) is 6. The van der Waals surface area contributed by atoms with Gasteiger partial charge in [-0.1, -0.05) is 23.7 Å². The van der Waals surface area contributed by atoms with Gasteiger partial charge in [0.25, 0.3) is 0 Å². The van der Waals surface area contributed by atoms with Gasteiger partial charge in [0.2, 0.25) is 5.95 Å². The molecule has 1 aromatic carbocycles. The number of nitrogens with zero attached hydrogens (tertiary/aromatic N) is 5. The summed E-state index contributed by atoms with van der Waals surface area (Å²) in [5, 5.41) is 14.4. The number of piperidine rings is 1. The zero-order valence-corrected chi connectivity index (χ0v) is 14.3. The Balaban J connectivity index is 1.34. The van der Waals surface area contributed by atoms with Crippen molar-refractivity contribution in [3.05, 3.63) is 29.8 Å². The Labute approximate surface area is 143 Å². The molecule has 7 nitrogen and oxygen atoms in total. The van der Waals surface area contributed by atoms with Crippen molar-refractivity contribution in [3.63, 3.8) is 0 Å². The minimum atomic E-state index is 0.670. The highest BCUT2D eigenvalue weighted by Crippen LogP contribution is 2.16. The zero-order valence-electron chi connectivity index (χ0n) is 14.3. The number of rotatable bonds is 8. The second-order valence-electron chi connectivity index (χ2n) is 6.24. The van der Waals surface area contributed by atoms with Gasteiger partial charge in [0.1, 0.15) is 5.75 Å². The van der Waals surface area contributed by atoms with Crippen molar-refractivity contribution in [2.24, 2.45) is 7.05 Å². The first-order chi connectivity index (χ1) is 11.8. The Hall–Kier alpha value is -2.15. The van der Waals surface area contributed by atoms with Crippen LogP contribution >= 0.6 is 0 Å². The molecule has 1 saturated heterocycles. The van der Waals surface area contributed by atoms with Gasteiger partial charge in [0.15, 0.2) is 0 Å². The summed E-state index contributed by atoms with van der Waals surface area (Å²) < 4.78 is 7.40. The van der Waals surface area contributed by atoms with E-state index in [4.69, 9.17) is 4.74 Å². The lowest BCUT2D eigenvalue weighted by molar-refractivity contribution is 0.221. The van der Waals surface area contributed by atoms with Crippen LogP contribution in [0.15, 0.2) is 24.3 Å². The quantitative estimate of drug-likeness (QED) is 0.748. The number of likely N-dealkylation sites (tertiary alicyclic amines) is 1. The van der Waals surface area contributed by atoms with E-state index in [0.717, 1.165) is 25.3 Å². The lowest BCUT2D eigenvalue weighted by atomic mass is 10.1. The summed E-state index contributed by atoms with van der Waals surface area (Å²) in [6, 6.07) is 8.49. The molecule has 0 unspecified atom stereocenters. The fraction of sp³-hybridized carbons (Fsp3) is 0.588. The number of benzene rings is 1. The number of nitrogens with one attached hydrogen (secondary N) is 1. The molecule has 0 spiro atoms. The van der Waals surface area contributed by atoms with E-state index < -0.39 is 0 Å². The Bertz CT molecular complexity index is 606. The lowest BCUT2D eigenvalue weighted by Gasteiger charge is -2.26. The Morgan fingerprint density at radius 3 is 2.62 bits per heavy atom. The minimum absolute atomic E-state index is 0.670. The van der Waals surface area contributed by atoms with Gasteiger partial charge in [0, 0.05) is 20.1 Å². The molecular formula is C17H26N6O. The average molecular weight is 330 g/mol. The Morgan fingerprint density at radius 1 is 1.12 bits per heavy atom. The van der Waals surface area contributed by atoms with Crippen molar-refractivity contribution in [3.8, 4) is 5.75 Å². The highest BCUT2D eigenvalue weighted by atomic mass is 16.5. The Morgan fingerprint density at radius 2 is 1.92 bits per heavy atom. The molecule has 0 amide bonds. The smallest absolute Gasteiger partial charge is 0.242 e. The van der Waals surface area contributed by atoms with Crippen LogP contribution in [-0.2, 0) is 13.6 Å². The summed E-state index contributed by atoms with van der Waals surface area (Å²) in [6.07, 6.45) is 4.94. The van der Waals surface area contributed by atoms with Crippen LogP contribution in [0.2, 0.25) is 0 Å². The van der Waals surface area contributed by atoms with Crippen LogP contribution in [0, 0.1) is 0 Å². The van der Waals surface area contributed by atoms with E-state index in [1.165, 1.54) is 37.9 Å². The largest absolute Gasteiger partial charge is 0.494 e. The van der Waals surface area contributed by atoms with Gasteiger partial charge in [-0.15, -0.1) is 0 Å². The fourth-order valence-corrected chi connectivity index (χ4v) is 2.91. The third-order valence-electron chi connectivity index (χ3n) is 4.27. The van der Waals surface area contributed by atoms with Crippen LogP contribution in [0.3, 0.4) is 0 Å². The van der Waals surface area contributed by atoms with E-state index in [1.54, 1.807) is 4.68 Å². The molecule has 0 bridgehead atoms. The number of aromatic nitrogens is 4. The molecule has 7 heteroatoms. The molecule has 1 fully saturated rings. The molecule has 1 aliphatic rings. The third kappa shape index (κ3) is 4.92. The summed E-state index contributed by atoms with van der Waals surface area (Å²) in [6.45, 7) is 4.96. The van der Waals surface area contributed by atoms with Gasteiger partial charge in [-0.2, -0.15) is 0 Å². The summed E-state index contributed by atoms with van der Waals surface area (Å²) in [4.78, 5) is 2.53. The van der Waals surface area contributed by atoms with Gasteiger partial charge in [0.05, 0.1) is 6.61 Å². The van der Waals surface area contributed by atoms with Crippen LogP contribution < -0.4 is 10.1 Å². The van der Waals surface area contributed by atoms with Crippen LogP contribution in [-0.4, -0.2) is 51.3 Å². The maximum absolute atomic E-state index is 5.79. The molecular weight excluding hydrogens is 304 g/mol. The van der Waals surface area contributed by atoms with Crippen LogP contribution in [0.25, 0.3) is 0 Å². The van der Waals surface area contributed by atoms with Crippen molar-refractivity contribution in [2.45, 2.75) is 32.2 Å². The molecule has 2 heterocycles. The average Bonchev–Trinajstić information content (AvgIpc) is 3.02. The van der Waals surface area contributed by atoms with E-state index >= 15 is 0 Å². The molecule has 24 heavy (non-hydrogen) atoms. The predicted octanol–water partition coefficient (Wildman–Crippen LogP) is 2.08. The monoisotopic (exact) mass is 330 g/mol. The van der Waals surface area contributed by atoms with Crippen LogP contribution in [0.4, 0.5) is 5.95 Å². The number of ether oxygens (including phenoxy) is 1. The van der Waals surface area contributed by atoms with E-state index in [1.807, 2.05) is 7.05 Å². The van der Waals surface area contributed by atoms with E-state index in [0.29, 0.717) is 12.6 Å². The molecule has 1 aliphatic heterocycles. The second-order valence-corrected chi connectivity index (χ2v) is 6.24. The van der Waals surface area contributed by atoms with Crippen molar-refractivity contribution in [1.29, 1.82) is 0 Å². The molecule has 1 N–H and O–H groups in total. The molecule has 0 aliphatic carbocycles. The molecule has 0 atom stereocenters. The maximum atomic E-state index is 5.79. The zero-order chi connectivity index (χ0) is 16.6. The van der Waals surface area contributed by atoms with Crippen molar-refractivity contribution < 1.29 is 4.74 Å². The summed E-state index contributed by atoms with van der Waals surface area (Å²) in [5.41, 5.74) is 1.36. The van der Waals surface area contributed by atoms with Crippen molar-refractivity contribution in [2.75, 3.05) is 31.6 Å². The first-order valence-corrected chi connectivity index (χ1v) is 8.71. The van der Waals surface area contributed by atoms with Gasteiger partial charge >= 0.3 is 0 Å². The first kappa shape index (κ1) is 16.7. The molecule has 2 aromatic rings. The summed E-state index contributed by atoms with van der Waals surface area (Å²) in [7, 11) is 1.81. The summed E-state index contributed by atoms with van der Waals surface area (Å²) >= 11 is 0. The molecule has 1 aromatic heterocycles. The van der Waals surface area contributed by atoms with Crippen LogP contribution in [0.1, 0.15) is 31.2 Å². The second kappa shape index (κ2) is 8.63. The van der Waals surface area contributed by atoms with Crippen molar-refractivity contribution >= 4 is 5.95 Å². The molecule has 0 radical (unpaired) electrons. The van der Waals surface area contributed by atoms with E-state index in [2.05, 4.69) is 50.0 Å². The maximum Gasteiger partial charge on any atom is 0.242 e. The normalized spacial score (nSPS) is 15.4. The Kier molecular flexibility index (Phi) is 6.01. The SMILES string of the molecule is Cn1nnnc1NCCCOc1ccc(CN2CCCCC2)cc1. The number of tetrazole rings is 1. The molecule has 0 saturated carbocycles. The van der Waals surface area contributed by atoms with Crippen LogP contribution in [0.5, 0.6) is 5.75 Å². The van der Waals surface area contributed by atoms with E-state index in [9.17, 15) is 0 Å². The highest BCUT2D eigenvalue weighted by molar-refractivity contribution is 5.27. The van der Waals surface area contributed by atoms with Crippen molar-refractivity contribution in [1.82, 2.24) is 25.1 Å². The van der Waals surface area contributed by atoms with Gasteiger partial charge in [-0.05, 0) is 60.5 Å². The highest BCUT2D eigenvalue weighted by Gasteiger charge is 2.10. The lowest BCUT2D eigenvalue weighted by Crippen LogP contribution is -2.28. The number of hydrogen-bond donors (Lipinski definition) is 1. The molecule has 3 rings (SSSR count). The standard InChI is InChI=1S/C17H26N6O/c1-22-17(19-20-21-22)18-10-5-13-24-16-8-6-15(7-9-16)14-23-11-3-2-4-12-23/h6-9H,2-5,10-14H2,1H3,(H,18,19,21). The topological polar surface area (TPSA) is 68.1 Å². The van der Waals surface area contributed by atoms with Gasteiger partial charge < -0.3 is 10.1 Å². The predicted molar refractivity (Wildman–Crippen MR) is 93.0 cm³/mol. The number of aryl methyl sites for hydroxylation is 1.